The van der Waals surface area contributed by atoms with E-state index in [1.165, 1.54) is 17.5 Å². The summed E-state index contributed by atoms with van der Waals surface area (Å²) in [7, 11) is 3.76. The molecule has 0 bridgehead atoms. The van der Waals surface area contributed by atoms with Crippen LogP contribution in [-0.4, -0.2) is 20.2 Å². The van der Waals surface area contributed by atoms with Crippen molar-refractivity contribution in [2.75, 3.05) is 14.2 Å². The van der Waals surface area contributed by atoms with Gasteiger partial charge in [-0.15, -0.1) is 0 Å². The molecule has 2 heteroatoms. The minimum absolute atomic E-state index is 0.649. The molecule has 1 aromatic carbocycles. The first-order valence-corrected chi connectivity index (χ1v) is 5.16. The third-order valence-corrected chi connectivity index (χ3v) is 3.05. The van der Waals surface area contributed by atoms with E-state index in [1.807, 2.05) is 7.05 Å². The number of hydrogen-bond donors (Lipinski definition) is 1. The molecule has 1 aliphatic rings. The topological polar surface area (TPSA) is 21.3 Å². The van der Waals surface area contributed by atoms with E-state index in [-0.39, 0.29) is 0 Å². The number of hydrogen-bond acceptors (Lipinski definition) is 2. The van der Waals surface area contributed by atoms with E-state index in [0.717, 1.165) is 18.6 Å². The Morgan fingerprint density at radius 1 is 1.36 bits per heavy atom. The molecule has 1 unspecified atom stereocenters. The molecule has 0 aromatic heterocycles. The molecule has 1 aliphatic carbocycles. The third kappa shape index (κ3) is 1.75. The number of likely N-dealkylation sites (N-methyl/N-ethyl adjacent to an activating group) is 1. The van der Waals surface area contributed by atoms with Crippen LogP contribution in [-0.2, 0) is 12.8 Å². The summed E-state index contributed by atoms with van der Waals surface area (Å²) < 4.78 is 5.22. The molecule has 0 radical (unpaired) electrons. The second kappa shape index (κ2) is 4.01. The average molecular weight is 191 g/mol. The monoisotopic (exact) mass is 191 g/mol. The predicted molar refractivity (Wildman–Crippen MR) is 57.9 cm³/mol. The van der Waals surface area contributed by atoms with E-state index in [0.29, 0.717) is 6.04 Å². The van der Waals surface area contributed by atoms with Gasteiger partial charge in [-0.1, -0.05) is 6.07 Å². The maximum Gasteiger partial charge on any atom is 0.119 e. The molecule has 0 heterocycles. The molecule has 0 saturated carbocycles. The number of methoxy groups -OCH3 is 1. The molecule has 0 amide bonds. The minimum atomic E-state index is 0.649. The van der Waals surface area contributed by atoms with Crippen LogP contribution in [0.3, 0.4) is 0 Å². The Morgan fingerprint density at radius 2 is 2.21 bits per heavy atom. The zero-order valence-electron chi connectivity index (χ0n) is 8.84. The van der Waals surface area contributed by atoms with Crippen LogP contribution in [0.5, 0.6) is 5.75 Å². The SMILES string of the molecule is CNC1CCc2cc(OC)ccc2C1. The van der Waals surface area contributed by atoms with Crippen LogP contribution < -0.4 is 10.1 Å². The van der Waals surface area contributed by atoms with Crippen LogP contribution >= 0.6 is 0 Å². The highest BCUT2D eigenvalue weighted by atomic mass is 16.5. The van der Waals surface area contributed by atoms with Crippen molar-refractivity contribution in [3.8, 4) is 5.75 Å². The summed E-state index contributed by atoms with van der Waals surface area (Å²) in [6.45, 7) is 0. The lowest BCUT2D eigenvalue weighted by Gasteiger charge is -2.24. The number of fused-ring (bicyclic) bond motifs is 1. The van der Waals surface area contributed by atoms with Gasteiger partial charge in [0.05, 0.1) is 7.11 Å². The molecule has 1 N–H and O–H groups in total. The normalized spacial score (nSPS) is 20.3. The van der Waals surface area contributed by atoms with Gasteiger partial charge in [0.1, 0.15) is 5.75 Å². The number of aryl methyl sites for hydroxylation is 1. The largest absolute Gasteiger partial charge is 0.497 e. The summed E-state index contributed by atoms with van der Waals surface area (Å²) in [5.41, 5.74) is 2.92. The predicted octanol–water partition coefficient (Wildman–Crippen LogP) is 1.77. The highest BCUT2D eigenvalue weighted by Gasteiger charge is 2.17. The van der Waals surface area contributed by atoms with Crippen LogP contribution in [0, 0.1) is 0 Å². The number of benzene rings is 1. The molecule has 0 saturated heterocycles. The lowest BCUT2D eigenvalue weighted by molar-refractivity contribution is 0.412. The van der Waals surface area contributed by atoms with E-state index in [4.69, 9.17) is 4.74 Å². The Labute approximate surface area is 85.3 Å². The average Bonchev–Trinajstić information content (AvgIpc) is 2.27. The molecular formula is C12H17NO. The van der Waals surface area contributed by atoms with Crippen LogP contribution in [0.1, 0.15) is 17.5 Å². The lowest BCUT2D eigenvalue weighted by Crippen LogP contribution is -2.31. The zero-order chi connectivity index (χ0) is 9.97. The van der Waals surface area contributed by atoms with E-state index in [9.17, 15) is 0 Å². The summed E-state index contributed by atoms with van der Waals surface area (Å²) in [5, 5.41) is 3.34. The van der Waals surface area contributed by atoms with Crippen molar-refractivity contribution < 1.29 is 4.74 Å². The Morgan fingerprint density at radius 3 is 2.93 bits per heavy atom. The fraction of sp³-hybridized carbons (Fsp3) is 0.500. The van der Waals surface area contributed by atoms with E-state index < -0.39 is 0 Å². The molecule has 14 heavy (non-hydrogen) atoms. The van der Waals surface area contributed by atoms with Gasteiger partial charge in [-0.3, -0.25) is 0 Å². The second-order valence-electron chi connectivity index (χ2n) is 3.86. The van der Waals surface area contributed by atoms with Gasteiger partial charge < -0.3 is 10.1 Å². The summed E-state index contributed by atoms with van der Waals surface area (Å²) >= 11 is 0. The van der Waals surface area contributed by atoms with Gasteiger partial charge in [0.15, 0.2) is 0 Å². The van der Waals surface area contributed by atoms with Gasteiger partial charge in [0.25, 0.3) is 0 Å². The van der Waals surface area contributed by atoms with Crippen molar-refractivity contribution in [1.29, 1.82) is 0 Å². The Bertz CT molecular complexity index is 322. The number of rotatable bonds is 2. The molecule has 0 spiro atoms. The molecule has 0 fully saturated rings. The van der Waals surface area contributed by atoms with Crippen molar-refractivity contribution in [1.82, 2.24) is 5.32 Å². The van der Waals surface area contributed by atoms with Gasteiger partial charge >= 0.3 is 0 Å². The van der Waals surface area contributed by atoms with Crippen LogP contribution in [0.15, 0.2) is 18.2 Å². The van der Waals surface area contributed by atoms with Gasteiger partial charge in [-0.05, 0) is 49.6 Å². The first-order valence-electron chi connectivity index (χ1n) is 5.16. The molecule has 2 rings (SSSR count). The van der Waals surface area contributed by atoms with Crippen LogP contribution in [0.4, 0.5) is 0 Å². The third-order valence-electron chi connectivity index (χ3n) is 3.05. The van der Waals surface area contributed by atoms with Crippen LogP contribution in [0.25, 0.3) is 0 Å². The first kappa shape index (κ1) is 9.53. The van der Waals surface area contributed by atoms with Gasteiger partial charge in [0, 0.05) is 6.04 Å². The van der Waals surface area contributed by atoms with Crippen molar-refractivity contribution in [3.63, 3.8) is 0 Å². The highest BCUT2D eigenvalue weighted by Crippen LogP contribution is 2.25. The Kier molecular flexibility index (Phi) is 2.73. The molecule has 76 valence electrons. The molecule has 1 atom stereocenters. The lowest BCUT2D eigenvalue weighted by atomic mass is 9.88. The minimum Gasteiger partial charge on any atom is -0.497 e. The highest BCUT2D eigenvalue weighted by molar-refractivity contribution is 5.37. The van der Waals surface area contributed by atoms with E-state index in [2.05, 4.69) is 23.5 Å². The molecule has 1 aromatic rings. The maximum absolute atomic E-state index is 5.22. The summed E-state index contributed by atoms with van der Waals surface area (Å²) in [5.74, 6) is 0.978. The Hall–Kier alpha value is -1.02. The fourth-order valence-electron chi connectivity index (χ4n) is 2.10. The zero-order valence-corrected chi connectivity index (χ0v) is 8.84. The molecule has 0 aliphatic heterocycles. The summed E-state index contributed by atoms with van der Waals surface area (Å²) in [6, 6.07) is 7.06. The second-order valence-corrected chi connectivity index (χ2v) is 3.86. The van der Waals surface area contributed by atoms with E-state index >= 15 is 0 Å². The van der Waals surface area contributed by atoms with Crippen molar-refractivity contribution in [2.45, 2.75) is 25.3 Å². The standard InChI is InChI=1S/C12H17NO/c1-13-11-5-3-10-8-12(14-2)6-4-9(10)7-11/h4,6,8,11,13H,3,5,7H2,1-2H3. The van der Waals surface area contributed by atoms with Crippen molar-refractivity contribution in [3.05, 3.63) is 29.3 Å². The number of ether oxygens (including phenoxy) is 1. The van der Waals surface area contributed by atoms with Gasteiger partial charge in [0.2, 0.25) is 0 Å². The summed E-state index contributed by atoms with van der Waals surface area (Å²) in [6.07, 6.45) is 3.55. The quantitative estimate of drug-likeness (QED) is 0.769. The smallest absolute Gasteiger partial charge is 0.119 e. The summed E-state index contributed by atoms with van der Waals surface area (Å²) in [4.78, 5) is 0. The first-order chi connectivity index (χ1) is 6.83. The number of nitrogens with one attached hydrogen (secondary N) is 1. The van der Waals surface area contributed by atoms with Crippen LogP contribution in [0.2, 0.25) is 0 Å². The Balaban J connectivity index is 2.23. The fourth-order valence-corrected chi connectivity index (χ4v) is 2.10. The molecule has 2 nitrogen and oxygen atoms in total. The van der Waals surface area contributed by atoms with Gasteiger partial charge in [-0.2, -0.15) is 0 Å². The van der Waals surface area contributed by atoms with Gasteiger partial charge in [-0.25, -0.2) is 0 Å². The van der Waals surface area contributed by atoms with Crippen molar-refractivity contribution >= 4 is 0 Å². The maximum atomic E-state index is 5.22. The molecular weight excluding hydrogens is 174 g/mol. The van der Waals surface area contributed by atoms with Crippen molar-refractivity contribution in [2.24, 2.45) is 0 Å². The van der Waals surface area contributed by atoms with E-state index in [1.54, 1.807) is 7.11 Å².